The van der Waals surface area contributed by atoms with Crippen LogP contribution in [0.1, 0.15) is 32.8 Å². The largest absolute Gasteiger partial charge is 0.352 e. The topological polar surface area (TPSA) is 86.8 Å². The molecule has 39 heavy (non-hydrogen) atoms. The second kappa shape index (κ2) is 13.3. The number of benzene rings is 3. The summed E-state index contributed by atoms with van der Waals surface area (Å²) in [5, 5.41) is 3.05. The third-order valence-electron chi connectivity index (χ3n) is 5.88. The van der Waals surface area contributed by atoms with Crippen molar-refractivity contribution in [1.29, 1.82) is 0 Å². The lowest BCUT2D eigenvalue weighted by Crippen LogP contribution is -2.53. The number of sulfonamides is 1. The molecule has 0 aliphatic heterocycles. The quantitative estimate of drug-likeness (QED) is 0.311. The molecule has 11 heteroatoms. The van der Waals surface area contributed by atoms with Crippen molar-refractivity contribution in [3.05, 3.63) is 94.2 Å². The second-order valence-electron chi connectivity index (χ2n) is 9.16. The summed E-state index contributed by atoms with van der Waals surface area (Å²) in [4.78, 5) is 28.3. The third-order valence-corrected chi connectivity index (χ3v) is 8.21. The van der Waals surface area contributed by atoms with E-state index < -0.39 is 34.3 Å². The maximum absolute atomic E-state index is 14.0. The van der Waals surface area contributed by atoms with Gasteiger partial charge in [0.15, 0.2) is 0 Å². The van der Waals surface area contributed by atoms with Crippen LogP contribution in [-0.2, 0) is 26.2 Å². The van der Waals surface area contributed by atoms with Gasteiger partial charge in [0.25, 0.3) is 10.0 Å². The van der Waals surface area contributed by atoms with Crippen molar-refractivity contribution in [3.63, 3.8) is 0 Å². The number of hydrogen-bond donors (Lipinski definition) is 1. The Balaban J connectivity index is 2.07. The Morgan fingerprint density at radius 1 is 0.974 bits per heavy atom. The summed E-state index contributed by atoms with van der Waals surface area (Å²) >= 11 is 12.0. The molecule has 0 radical (unpaired) electrons. The van der Waals surface area contributed by atoms with Crippen LogP contribution in [0.5, 0.6) is 0 Å². The molecule has 3 aromatic rings. The Labute approximate surface area is 238 Å². The van der Waals surface area contributed by atoms with Gasteiger partial charge >= 0.3 is 0 Å². The number of nitrogens with one attached hydrogen (secondary N) is 1. The summed E-state index contributed by atoms with van der Waals surface area (Å²) in [5.41, 5.74) is 0.704. The van der Waals surface area contributed by atoms with Crippen molar-refractivity contribution >= 4 is 50.7 Å². The first-order valence-electron chi connectivity index (χ1n) is 12.3. The molecule has 0 heterocycles. The van der Waals surface area contributed by atoms with Gasteiger partial charge in [-0.25, -0.2) is 12.8 Å². The summed E-state index contributed by atoms with van der Waals surface area (Å²) in [5.74, 6) is -1.72. The fourth-order valence-electron chi connectivity index (χ4n) is 3.98. The van der Waals surface area contributed by atoms with Crippen LogP contribution < -0.4 is 9.62 Å². The Hall–Kier alpha value is -3.14. The van der Waals surface area contributed by atoms with Crippen LogP contribution in [0.4, 0.5) is 10.1 Å². The van der Waals surface area contributed by atoms with E-state index in [9.17, 15) is 22.4 Å². The molecule has 1 N–H and O–H groups in total. The van der Waals surface area contributed by atoms with Gasteiger partial charge in [-0.2, -0.15) is 0 Å². The molecule has 2 amide bonds. The van der Waals surface area contributed by atoms with Crippen molar-refractivity contribution in [3.8, 4) is 0 Å². The monoisotopic (exact) mass is 593 g/mol. The summed E-state index contributed by atoms with van der Waals surface area (Å²) in [6, 6.07) is 16.7. The normalized spacial score (nSPS) is 12.2. The van der Waals surface area contributed by atoms with Gasteiger partial charge in [-0.3, -0.25) is 13.9 Å². The molecule has 0 saturated heterocycles. The molecule has 3 aromatic carbocycles. The summed E-state index contributed by atoms with van der Waals surface area (Å²) in [6.07, 6.45) is 0.283. The van der Waals surface area contributed by atoms with Gasteiger partial charge in [-0.15, -0.1) is 0 Å². The SMILES string of the molecule is CC[C@H](C(=O)NC(C)C)N(Cc1ccc(Cl)cc1)C(=O)CN(c1ccc(F)c(Cl)c1)S(=O)(=O)c1ccccc1. The Morgan fingerprint density at radius 3 is 2.18 bits per heavy atom. The number of anilines is 1. The standard InChI is InChI=1S/C28H30Cl2FN3O4S/c1-4-26(28(36)32-19(2)3)33(17-20-10-12-21(29)13-11-20)27(35)18-34(22-14-15-25(31)24(30)16-22)39(37,38)23-8-6-5-7-9-23/h5-16,19,26H,4,17-18H2,1-3H3,(H,32,36)/t26-/m1/s1. The first-order chi connectivity index (χ1) is 18.4. The van der Waals surface area contributed by atoms with E-state index in [-0.39, 0.29) is 40.5 Å². The van der Waals surface area contributed by atoms with Gasteiger partial charge in [0.05, 0.1) is 15.6 Å². The molecular formula is C28H30Cl2FN3O4S. The maximum atomic E-state index is 14.0. The second-order valence-corrected chi connectivity index (χ2v) is 11.9. The molecule has 0 unspecified atom stereocenters. The highest BCUT2D eigenvalue weighted by molar-refractivity contribution is 7.92. The van der Waals surface area contributed by atoms with E-state index >= 15 is 0 Å². The van der Waals surface area contributed by atoms with Crippen LogP contribution in [0.25, 0.3) is 0 Å². The maximum Gasteiger partial charge on any atom is 0.264 e. The van der Waals surface area contributed by atoms with Crippen LogP contribution in [0.3, 0.4) is 0 Å². The molecule has 0 bridgehead atoms. The van der Waals surface area contributed by atoms with E-state index in [0.717, 1.165) is 16.4 Å². The molecular weight excluding hydrogens is 564 g/mol. The number of carbonyl (C=O) groups is 2. The zero-order valence-electron chi connectivity index (χ0n) is 21.8. The average molecular weight is 595 g/mol. The highest BCUT2D eigenvalue weighted by atomic mass is 35.5. The van der Waals surface area contributed by atoms with Gasteiger partial charge in [0, 0.05) is 17.6 Å². The van der Waals surface area contributed by atoms with Crippen molar-refractivity contribution in [2.45, 2.75) is 50.7 Å². The van der Waals surface area contributed by atoms with Gasteiger partial charge in [0.1, 0.15) is 18.4 Å². The molecule has 1 atom stereocenters. The van der Waals surface area contributed by atoms with E-state index in [1.807, 2.05) is 13.8 Å². The van der Waals surface area contributed by atoms with Crippen molar-refractivity contribution < 1.29 is 22.4 Å². The number of carbonyl (C=O) groups excluding carboxylic acids is 2. The predicted octanol–water partition coefficient (Wildman–Crippen LogP) is 5.66. The van der Waals surface area contributed by atoms with Crippen molar-refractivity contribution in [2.24, 2.45) is 0 Å². The van der Waals surface area contributed by atoms with Gasteiger partial charge in [0.2, 0.25) is 11.8 Å². The molecule has 7 nitrogen and oxygen atoms in total. The molecule has 0 aliphatic carbocycles. The minimum atomic E-state index is -4.28. The number of hydrogen-bond acceptors (Lipinski definition) is 4. The van der Waals surface area contributed by atoms with Gasteiger partial charge < -0.3 is 10.2 Å². The Bertz CT molecular complexity index is 1400. The third kappa shape index (κ3) is 7.71. The van der Waals surface area contributed by atoms with Crippen LogP contribution in [0.15, 0.2) is 77.7 Å². The smallest absolute Gasteiger partial charge is 0.264 e. The van der Waals surface area contributed by atoms with E-state index in [0.29, 0.717) is 10.6 Å². The minimum absolute atomic E-state index is 0.00438. The Kier molecular flexibility index (Phi) is 10.4. The predicted molar refractivity (Wildman–Crippen MR) is 152 cm³/mol. The average Bonchev–Trinajstić information content (AvgIpc) is 2.90. The van der Waals surface area contributed by atoms with Crippen LogP contribution in [0.2, 0.25) is 10.0 Å². The Morgan fingerprint density at radius 2 is 1.62 bits per heavy atom. The molecule has 208 valence electrons. The fraction of sp³-hybridized carbons (Fsp3) is 0.286. The van der Waals surface area contributed by atoms with Crippen LogP contribution in [-0.4, -0.2) is 43.8 Å². The van der Waals surface area contributed by atoms with Crippen molar-refractivity contribution in [1.82, 2.24) is 10.2 Å². The molecule has 0 fully saturated rings. The molecule has 0 saturated carbocycles. The fourth-order valence-corrected chi connectivity index (χ4v) is 5.70. The highest BCUT2D eigenvalue weighted by Crippen LogP contribution is 2.28. The first kappa shape index (κ1) is 30.4. The lowest BCUT2D eigenvalue weighted by molar-refractivity contribution is -0.140. The van der Waals surface area contributed by atoms with E-state index in [1.165, 1.54) is 23.1 Å². The lowest BCUT2D eigenvalue weighted by Gasteiger charge is -2.33. The number of nitrogens with zero attached hydrogens (tertiary/aromatic N) is 2. The lowest BCUT2D eigenvalue weighted by atomic mass is 10.1. The molecule has 0 spiro atoms. The summed E-state index contributed by atoms with van der Waals surface area (Å²) in [7, 11) is -4.28. The molecule has 0 aromatic heterocycles. The van der Waals surface area contributed by atoms with E-state index in [1.54, 1.807) is 49.4 Å². The number of halogens is 3. The van der Waals surface area contributed by atoms with Crippen molar-refractivity contribution in [2.75, 3.05) is 10.8 Å². The van der Waals surface area contributed by atoms with Crippen LogP contribution >= 0.6 is 23.2 Å². The van der Waals surface area contributed by atoms with E-state index in [2.05, 4.69) is 5.32 Å². The highest BCUT2D eigenvalue weighted by Gasteiger charge is 2.34. The van der Waals surface area contributed by atoms with E-state index in [4.69, 9.17) is 23.2 Å². The zero-order chi connectivity index (χ0) is 28.7. The molecule has 0 aliphatic rings. The summed E-state index contributed by atoms with van der Waals surface area (Å²) in [6.45, 7) is 4.76. The first-order valence-corrected chi connectivity index (χ1v) is 14.5. The van der Waals surface area contributed by atoms with Crippen LogP contribution in [0, 0.1) is 5.82 Å². The zero-order valence-corrected chi connectivity index (χ0v) is 24.1. The van der Waals surface area contributed by atoms with Gasteiger partial charge in [-0.05, 0) is 68.3 Å². The summed E-state index contributed by atoms with van der Waals surface area (Å²) < 4.78 is 42.3. The number of rotatable bonds is 11. The minimum Gasteiger partial charge on any atom is -0.352 e. The molecule has 3 rings (SSSR count). The van der Waals surface area contributed by atoms with Gasteiger partial charge in [-0.1, -0.05) is 60.5 Å². The number of amides is 2.